The molecule has 4 heterocycles. The Bertz CT molecular complexity index is 1050. The Hall–Kier alpha value is -2.63. The van der Waals surface area contributed by atoms with E-state index in [2.05, 4.69) is 20.2 Å². The van der Waals surface area contributed by atoms with Crippen molar-refractivity contribution in [3.63, 3.8) is 0 Å². The van der Waals surface area contributed by atoms with Gasteiger partial charge >= 0.3 is 6.09 Å². The molecular formula is C25H34FN5O4S. The van der Waals surface area contributed by atoms with Gasteiger partial charge in [-0.2, -0.15) is 0 Å². The zero-order chi connectivity index (χ0) is 25.8. The first kappa shape index (κ1) is 26.4. The molecule has 1 spiro atoms. The fourth-order valence-electron chi connectivity index (χ4n) is 4.38. The molecule has 196 valence electrons. The molecule has 0 saturated carbocycles. The molecule has 0 aliphatic carbocycles. The zero-order valence-electron chi connectivity index (χ0n) is 21.1. The van der Waals surface area contributed by atoms with Crippen molar-refractivity contribution in [1.29, 1.82) is 0 Å². The number of likely N-dealkylation sites (tertiary alicyclic amines) is 1. The van der Waals surface area contributed by atoms with Gasteiger partial charge in [0.2, 0.25) is 5.91 Å². The molecule has 0 unspecified atom stereocenters. The summed E-state index contributed by atoms with van der Waals surface area (Å²) in [5.74, 6) is -0.0428. The van der Waals surface area contributed by atoms with E-state index in [0.29, 0.717) is 23.8 Å². The van der Waals surface area contributed by atoms with Crippen LogP contribution in [0.15, 0.2) is 23.7 Å². The highest BCUT2D eigenvalue weighted by atomic mass is 32.1. The van der Waals surface area contributed by atoms with Crippen LogP contribution in [-0.4, -0.2) is 75.8 Å². The predicted octanol–water partition coefficient (Wildman–Crippen LogP) is 3.79. The molecule has 2 aliphatic heterocycles. The lowest BCUT2D eigenvalue weighted by Gasteiger charge is -2.47. The van der Waals surface area contributed by atoms with Crippen LogP contribution in [0.5, 0.6) is 0 Å². The minimum absolute atomic E-state index is 0.0428. The fraction of sp³-hybridized carbons (Fsp3) is 0.600. The second kappa shape index (κ2) is 11.2. The van der Waals surface area contributed by atoms with Crippen LogP contribution < -0.4 is 5.32 Å². The van der Waals surface area contributed by atoms with Crippen molar-refractivity contribution in [3.8, 4) is 0 Å². The van der Waals surface area contributed by atoms with Gasteiger partial charge in [-0.3, -0.25) is 15.1 Å². The molecule has 1 N–H and O–H groups in total. The van der Waals surface area contributed by atoms with Gasteiger partial charge in [0, 0.05) is 43.2 Å². The number of pyridine rings is 1. The van der Waals surface area contributed by atoms with Crippen molar-refractivity contribution in [2.45, 2.75) is 64.5 Å². The van der Waals surface area contributed by atoms with E-state index in [-0.39, 0.29) is 18.1 Å². The Morgan fingerprint density at radius 1 is 1.28 bits per heavy atom. The average molecular weight is 520 g/mol. The molecule has 2 fully saturated rings. The molecular weight excluding hydrogens is 485 g/mol. The Balaban J connectivity index is 1.23. The molecule has 11 heteroatoms. The minimum Gasteiger partial charge on any atom is -0.444 e. The van der Waals surface area contributed by atoms with Crippen LogP contribution in [0.1, 0.15) is 50.6 Å². The first-order valence-corrected chi connectivity index (χ1v) is 13.1. The van der Waals surface area contributed by atoms with Crippen molar-refractivity contribution in [3.05, 3.63) is 40.7 Å². The van der Waals surface area contributed by atoms with E-state index in [0.717, 1.165) is 50.3 Å². The van der Waals surface area contributed by atoms with Crippen molar-refractivity contribution < 1.29 is 23.5 Å². The molecule has 4 rings (SSSR count). The summed E-state index contributed by atoms with van der Waals surface area (Å²) in [5.41, 5.74) is 1.32. The van der Waals surface area contributed by atoms with E-state index in [4.69, 9.17) is 9.47 Å². The largest absolute Gasteiger partial charge is 0.444 e. The van der Waals surface area contributed by atoms with Gasteiger partial charge in [-0.25, -0.2) is 14.2 Å². The van der Waals surface area contributed by atoms with Gasteiger partial charge < -0.3 is 19.3 Å². The van der Waals surface area contributed by atoms with Crippen LogP contribution in [0.2, 0.25) is 0 Å². The van der Waals surface area contributed by atoms with E-state index >= 15 is 0 Å². The number of carbonyl (C=O) groups is 2. The summed E-state index contributed by atoms with van der Waals surface area (Å²) in [6, 6.07) is 3.49. The second-order valence-electron chi connectivity index (χ2n) is 10.4. The maximum Gasteiger partial charge on any atom is 0.413 e. The lowest BCUT2D eigenvalue weighted by Crippen LogP contribution is -2.58. The molecule has 9 nitrogen and oxygen atoms in total. The lowest BCUT2D eigenvalue weighted by molar-refractivity contribution is -0.172. The van der Waals surface area contributed by atoms with Crippen LogP contribution in [0, 0.1) is 0 Å². The zero-order valence-corrected chi connectivity index (χ0v) is 21.9. The highest BCUT2D eigenvalue weighted by Gasteiger charge is 2.42. The summed E-state index contributed by atoms with van der Waals surface area (Å²) in [5, 5.41) is 5.18. The normalized spacial score (nSPS) is 18.4. The smallest absolute Gasteiger partial charge is 0.413 e. The summed E-state index contributed by atoms with van der Waals surface area (Å²) >= 11 is 1.39. The number of hydrogen-bond donors (Lipinski definition) is 1. The summed E-state index contributed by atoms with van der Waals surface area (Å²) in [6.07, 6.45) is 3.48. The average Bonchev–Trinajstić information content (AvgIpc) is 3.27. The number of piperidine rings is 1. The molecule has 0 atom stereocenters. The number of nitrogens with zero attached hydrogens (tertiary/aromatic N) is 4. The first-order chi connectivity index (χ1) is 17.1. The molecule has 2 aromatic heterocycles. The highest BCUT2D eigenvalue weighted by Crippen LogP contribution is 2.31. The van der Waals surface area contributed by atoms with Gasteiger partial charge in [0.25, 0.3) is 0 Å². The van der Waals surface area contributed by atoms with Crippen molar-refractivity contribution in [1.82, 2.24) is 19.8 Å². The van der Waals surface area contributed by atoms with E-state index in [1.165, 1.54) is 17.5 Å². The molecule has 0 bridgehead atoms. The number of hydrogen-bond acceptors (Lipinski definition) is 8. The van der Waals surface area contributed by atoms with Crippen molar-refractivity contribution in [2.75, 3.05) is 38.1 Å². The number of nitrogens with one attached hydrogen (secondary N) is 1. The lowest BCUT2D eigenvalue weighted by atomic mass is 9.89. The monoisotopic (exact) mass is 519 g/mol. The number of anilines is 1. The third kappa shape index (κ3) is 7.21. The van der Waals surface area contributed by atoms with Crippen LogP contribution in [0.3, 0.4) is 0 Å². The summed E-state index contributed by atoms with van der Waals surface area (Å²) in [4.78, 5) is 37.4. The number of thiazole rings is 1. The number of halogens is 1. The molecule has 2 saturated heterocycles. The standard InChI is InChI=1S/C25H34FN5O4S/c1-24(2,3)35-23(33)29-22-28-20(16-36-22)6-9-30-10-7-25(8-11-30)17-31(21(32)15-34-25)14-19-5-4-18(12-26)13-27-19/h4-5,13,16H,6-12,14-15,17H2,1-3H3,(H,28,29,33). The molecule has 36 heavy (non-hydrogen) atoms. The maximum absolute atomic E-state index is 12.7. The third-order valence-electron chi connectivity index (χ3n) is 6.34. The first-order valence-electron chi connectivity index (χ1n) is 12.2. The fourth-order valence-corrected chi connectivity index (χ4v) is 5.11. The van der Waals surface area contributed by atoms with Gasteiger partial charge in [0.05, 0.1) is 30.1 Å². The maximum atomic E-state index is 12.7. The second-order valence-corrected chi connectivity index (χ2v) is 11.2. The molecule has 0 radical (unpaired) electrons. The van der Waals surface area contributed by atoms with Crippen LogP contribution in [0.25, 0.3) is 0 Å². The van der Waals surface area contributed by atoms with Gasteiger partial charge in [0.15, 0.2) is 5.13 Å². The number of aromatic nitrogens is 2. The van der Waals surface area contributed by atoms with E-state index in [1.54, 1.807) is 12.1 Å². The Labute approximate surface area is 215 Å². The topological polar surface area (TPSA) is 96.9 Å². The van der Waals surface area contributed by atoms with Gasteiger partial charge in [-0.1, -0.05) is 6.07 Å². The number of amides is 2. The Morgan fingerprint density at radius 2 is 2.06 bits per heavy atom. The van der Waals surface area contributed by atoms with Crippen LogP contribution in [-0.2, 0) is 33.9 Å². The van der Waals surface area contributed by atoms with E-state index < -0.39 is 18.4 Å². The van der Waals surface area contributed by atoms with Crippen LogP contribution in [0.4, 0.5) is 14.3 Å². The predicted molar refractivity (Wildman–Crippen MR) is 134 cm³/mol. The van der Waals surface area contributed by atoms with Crippen molar-refractivity contribution in [2.24, 2.45) is 0 Å². The molecule has 2 amide bonds. The van der Waals surface area contributed by atoms with Gasteiger partial charge in [0.1, 0.15) is 18.9 Å². The third-order valence-corrected chi connectivity index (χ3v) is 7.14. The number of alkyl halides is 1. The number of rotatable bonds is 7. The van der Waals surface area contributed by atoms with E-state index in [1.807, 2.05) is 31.1 Å². The molecule has 0 aromatic carbocycles. The Kier molecular flexibility index (Phi) is 8.21. The quantitative estimate of drug-likeness (QED) is 0.595. The van der Waals surface area contributed by atoms with Crippen molar-refractivity contribution >= 4 is 28.5 Å². The van der Waals surface area contributed by atoms with Gasteiger partial charge in [-0.05, 0) is 39.7 Å². The summed E-state index contributed by atoms with van der Waals surface area (Å²) in [6.45, 7) is 8.55. The van der Waals surface area contributed by atoms with Crippen LogP contribution >= 0.6 is 11.3 Å². The number of morpholine rings is 1. The van der Waals surface area contributed by atoms with Gasteiger partial charge in [-0.15, -0.1) is 11.3 Å². The summed E-state index contributed by atoms with van der Waals surface area (Å²) < 4.78 is 24.1. The number of carbonyl (C=O) groups excluding carboxylic acids is 2. The number of ether oxygens (including phenoxy) is 2. The molecule has 2 aliphatic rings. The SMILES string of the molecule is CC(C)(C)OC(=O)Nc1nc(CCN2CCC3(CC2)CN(Cc2ccc(CF)cn2)C(=O)CO3)cs1. The Morgan fingerprint density at radius 3 is 2.72 bits per heavy atom. The summed E-state index contributed by atoms with van der Waals surface area (Å²) in [7, 11) is 0. The molecule has 2 aromatic rings. The minimum atomic E-state index is -0.555. The van der Waals surface area contributed by atoms with E-state index in [9.17, 15) is 14.0 Å². The highest BCUT2D eigenvalue weighted by molar-refractivity contribution is 7.13.